The summed E-state index contributed by atoms with van der Waals surface area (Å²) < 4.78 is 4.92. The van der Waals surface area contributed by atoms with Crippen molar-refractivity contribution in [2.24, 2.45) is 0 Å². The summed E-state index contributed by atoms with van der Waals surface area (Å²) in [5.74, 6) is 1.52. The van der Waals surface area contributed by atoms with Crippen molar-refractivity contribution in [3.8, 4) is 0 Å². The molecule has 26 heavy (non-hydrogen) atoms. The van der Waals surface area contributed by atoms with E-state index in [1.807, 2.05) is 19.1 Å². The fourth-order valence-electron chi connectivity index (χ4n) is 2.59. The number of anilines is 3. The average molecular weight is 351 g/mol. The van der Waals surface area contributed by atoms with Crippen molar-refractivity contribution >= 4 is 23.2 Å². The molecule has 0 unspecified atom stereocenters. The minimum absolute atomic E-state index is 0.199. The predicted molar refractivity (Wildman–Crippen MR) is 99.8 cm³/mol. The SMILES string of the molecule is Cc1cc(NC(=O)c2cnc(Nc3c(C)cccc3C(C)C)cn2)no1. The quantitative estimate of drug-likeness (QED) is 0.715. The summed E-state index contributed by atoms with van der Waals surface area (Å²) >= 11 is 0. The van der Waals surface area contributed by atoms with Gasteiger partial charge in [-0.25, -0.2) is 9.97 Å². The zero-order valence-electron chi connectivity index (χ0n) is 15.2. The first-order valence-electron chi connectivity index (χ1n) is 8.37. The van der Waals surface area contributed by atoms with Crippen LogP contribution in [0.4, 0.5) is 17.3 Å². The van der Waals surface area contributed by atoms with Gasteiger partial charge in [0.15, 0.2) is 5.82 Å². The first-order chi connectivity index (χ1) is 12.4. The number of carbonyl (C=O) groups is 1. The van der Waals surface area contributed by atoms with Gasteiger partial charge in [-0.05, 0) is 30.9 Å². The third kappa shape index (κ3) is 3.88. The lowest BCUT2D eigenvalue weighted by molar-refractivity contribution is 0.102. The molecule has 0 saturated carbocycles. The van der Waals surface area contributed by atoms with Crippen molar-refractivity contribution in [3.05, 3.63) is 59.2 Å². The number of rotatable bonds is 5. The fourth-order valence-corrected chi connectivity index (χ4v) is 2.59. The lowest BCUT2D eigenvalue weighted by Crippen LogP contribution is -2.14. The summed E-state index contributed by atoms with van der Waals surface area (Å²) in [5.41, 5.74) is 3.55. The van der Waals surface area contributed by atoms with Crippen LogP contribution in [0.3, 0.4) is 0 Å². The largest absolute Gasteiger partial charge is 0.360 e. The van der Waals surface area contributed by atoms with E-state index >= 15 is 0 Å². The topological polar surface area (TPSA) is 92.9 Å². The van der Waals surface area contributed by atoms with Gasteiger partial charge in [0, 0.05) is 11.8 Å². The van der Waals surface area contributed by atoms with E-state index in [1.54, 1.807) is 19.2 Å². The van der Waals surface area contributed by atoms with Gasteiger partial charge in [0.25, 0.3) is 5.91 Å². The van der Waals surface area contributed by atoms with E-state index < -0.39 is 5.91 Å². The molecule has 0 radical (unpaired) electrons. The van der Waals surface area contributed by atoms with Crippen molar-refractivity contribution < 1.29 is 9.32 Å². The molecule has 0 fully saturated rings. The Labute approximate surface area is 151 Å². The van der Waals surface area contributed by atoms with E-state index in [1.165, 1.54) is 11.8 Å². The van der Waals surface area contributed by atoms with Gasteiger partial charge in [-0.3, -0.25) is 4.79 Å². The number of hydrogen-bond acceptors (Lipinski definition) is 6. The molecule has 3 aromatic rings. The molecule has 0 aliphatic rings. The van der Waals surface area contributed by atoms with Crippen molar-refractivity contribution in [1.82, 2.24) is 15.1 Å². The number of nitrogens with zero attached hydrogens (tertiary/aromatic N) is 3. The van der Waals surface area contributed by atoms with Crippen LogP contribution in [0.5, 0.6) is 0 Å². The monoisotopic (exact) mass is 351 g/mol. The molecule has 0 atom stereocenters. The highest BCUT2D eigenvalue weighted by molar-refractivity contribution is 6.02. The average Bonchev–Trinajstić information content (AvgIpc) is 3.02. The maximum absolute atomic E-state index is 12.2. The van der Waals surface area contributed by atoms with Crippen LogP contribution in [0.1, 0.15) is 47.1 Å². The number of benzene rings is 1. The van der Waals surface area contributed by atoms with Gasteiger partial charge in [-0.1, -0.05) is 37.2 Å². The first-order valence-corrected chi connectivity index (χ1v) is 8.37. The lowest BCUT2D eigenvalue weighted by atomic mass is 9.98. The van der Waals surface area contributed by atoms with Gasteiger partial charge in [-0.15, -0.1) is 0 Å². The highest BCUT2D eigenvalue weighted by Gasteiger charge is 2.13. The third-order valence-corrected chi connectivity index (χ3v) is 3.93. The molecular formula is C19H21N5O2. The second kappa shape index (κ2) is 7.35. The summed E-state index contributed by atoms with van der Waals surface area (Å²) in [5, 5.41) is 9.65. The van der Waals surface area contributed by atoms with Crippen LogP contribution < -0.4 is 10.6 Å². The molecule has 0 aliphatic carbocycles. The van der Waals surface area contributed by atoms with Crippen molar-refractivity contribution in [2.45, 2.75) is 33.6 Å². The first kappa shape index (κ1) is 17.6. The van der Waals surface area contributed by atoms with E-state index in [4.69, 9.17) is 4.52 Å². The number of para-hydroxylation sites is 1. The smallest absolute Gasteiger partial charge is 0.277 e. The number of aryl methyl sites for hydroxylation is 2. The predicted octanol–water partition coefficient (Wildman–Crippen LogP) is 4.20. The molecule has 1 aromatic carbocycles. The lowest BCUT2D eigenvalue weighted by Gasteiger charge is -2.16. The molecule has 0 spiro atoms. The third-order valence-electron chi connectivity index (χ3n) is 3.93. The van der Waals surface area contributed by atoms with E-state index in [2.05, 4.69) is 45.7 Å². The van der Waals surface area contributed by atoms with E-state index in [9.17, 15) is 4.79 Å². The Morgan fingerprint density at radius 3 is 2.54 bits per heavy atom. The van der Waals surface area contributed by atoms with Crippen LogP contribution in [0, 0.1) is 13.8 Å². The molecule has 2 N–H and O–H groups in total. The maximum atomic E-state index is 12.2. The summed E-state index contributed by atoms with van der Waals surface area (Å²) in [7, 11) is 0. The molecule has 3 rings (SSSR count). The summed E-state index contributed by atoms with van der Waals surface area (Å²) in [6, 6.07) is 7.81. The van der Waals surface area contributed by atoms with Crippen molar-refractivity contribution in [2.75, 3.05) is 10.6 Å². The maximum Gasteiger partial charge on any atom is 0.277 e. The highest BCUT2D eigenvalue weighted by Crippen LogP contribution is 2.29. The highest BCUT2D eigenvalue weighted by atomic mass is 16.5. The van der Waals surface area contributed by atoms with Gasteiger partial charge in [0.1, 0.15) is 17.3 Å². The summed E-state index contributed by atoms with van der Waals surface area (Å²) in [4.78, 5) is 20.7. The standard InChI is InChI=1S/C19H21N5O2/c1-11(2)14-7-5-6-12(3)18(14)22-17-10-20-15(9-21-17)19(25)23-16-8-13(4)26-24-16/h5-11H,1-4H3,(H,21,22)(H,23,24,25). The molecule has 134 valence electrons. The van der Waals surface area contributed by atoms with E-state index in [-0.39, 0.29) is 5.69 Å². The number of nitrogens with one attached hydrogen (secondary N) is 2. The molecule has 1 amide bonds. The Balaban J connectivity index is 1.75. The van der Waals surface area contributed by atoms with Gasteiger partial charge in [0.05, 0.1) is 12.4 Å². The number of carbonyl (C=O) groups excluding carboxylic acids is 1. The second-order valence-corrected chi connectivity index (χ2v) is 6.38. The van der Waals surface area contributed by atoms with Crippen LogP contribution in [0.25, 0.3) is 0 Å². The zero-order valence-corrected chi connectivity index (χ0v) is 15.2. The minimum atomic E-state index is -0.392. The van der Waals surface area contributed by atoms with Crippen LogP contribution in [0.2, 0.25) is 0 Å². The van der Waals surface area contributed by atoms with Crippen molar-refractivity contribution in [3.63, 3.8) is 0 Å². The van der Waals surface area contributed by atoms with Crippen LogP contribution in [-0.4, -0.2) is 21.0 Å². The van der Waals surface area contributed by atoms with Gasteiger partial charge < -0.3 is 15.2 Å². The number of amides is 1. The molecule has 2 heterocycles. The molecule has 2 aromatic heterocycles. The Kier molecular flexibility index (Phi) is 4.97. The Bertz CT molecular complexity index is 916. The number of hydrogen-bond donors (Lipinski definition) is 2. The minimum Gasteiger partial charge on any atom is -0.360 e. The number of aromatic nitrogens is 3. The van der Waals surface area contributed by atoms with E-state index in [0.717, 1.165) is 11.3 Å². The Morgan fingerprint density at radius 2 is 1.92 bits per heavy atom. The summed E-state index contributed by atoms with van der Waals surface area (Å²) in [6.45, 7) is 8.08. The molecule has 0 aliphatic heterocycles. The van der Waals surface area contributed by atoms with Crippen LogP contribution >= 0.6 is 0 Å². The van der Waals surface area contributed by atoms with Crippen LogP contribution in [-0.2, 0) is 0 Å². The van der Waals surface area contributed by atoms with Crippen LogP contribution in [0.15, 0.2) is 41.2 Å². The second-order valence-electron chi connectivity index (χ2n) is 6.38. The molecule has 0 saturated heterocycles. The van der Waals surface area contributed by atoms with Gasteiger partial charge in [0.2, 0.25) is 0 Å². The summed E-state index contributed by atoms with van der Waals surface area (Å²) in [6.07, 6.45) is 2.97. The van der Waals surface area contributed by atoms with Gasteiger partial charge in [-0.2, -0.15) is 0 Å². The molecule has 7 nitrogen and oxygen atoms in total. The molecule has 7 heteroatoms. The fraction of sp³-hybridized carbons (Fsp3) is 0.263. The zero-order chi connectivity index (χ0) is 18.7. The normalized spacial score (nSPS) is 10.8. The Hall–Kier alpha value is -3.22. The van der Waals surface area contributed by atoms with Crippen molar-refractivity contribution in [1.29, 1.82) is 0 Å². The molecular weight excluding hydrogens is 330 g/mol. The molecule has 0 bridgehead atoms. The Morgan fingerprint density at radius 1 is 1.12 bits per heavy atom. The van der Waals surface area contributed by atoms with E-state index in [0.29, 0.717) is 23.3 Å². The van der Waals surface area contributed by atoms with Gasteiger partial charge >= 0.3 is 0 Å².